The van der Waals surface area contributed by atoms with Crippen molar-refractivity contribution in [3.05, 3.63) is 65.2 Å². The molecule has 1 atom stereocenters. The minimum absolute atomic E-state index is 0.0114. The summed E-state index contributed by atoms with van der Waals surface area (Å²) < 4.78 is 0. The fraction of sp³-hybridized carbons (Fsp3) is 0.188. The Morgan fingerprint density at radius 3 is 2.37 bits per heavy atom. The third-order valence-corrected chi connectivity index (χ3v) is 3.53. The van der Waals surface area contributed by atoms with Crippen molar-refractivity contribution in [3.63, 3.8) is 0 Å². The van der Waals surface area contributed by atoms with Gasteiger partial charge in [0, 0.05) is 25.3 Å². The number of nitrogens with one attached hydrogen (secondary N) is 1. The number of carbonyl (C=O) groups is 1. The van der Waals surface area contributed by atoms with Gasteiger partial charge < -0.3 is 10.2 Å². The van der Waals surface area contributed by atoms with Gasteiger partial charge in [0.25, 0.3) is 5.91 Å². The van der Waals surface area contributed by atoms with Crippen LogP contribution in [0.25, 0.3) is 0 Å². The molecule has 1 heterocycles. The second kappa shape index (κ2) is 4.43. The smallest absolute Gasteiger partial charge is 0.252 e. The Kier molecular flexibility index (Phi) is 2.75. The van der Waals surface area contributed by atoms with Gasteiger partial charge >= 0.3 is 0 Å². The van der Waals surface area contributed by atoms with E-state index in [1.165, 1.54) is 0 Å². The molecule has 3 nitrogen and oxygen atoms in total. The number of hydrogen-bond acceptors (Lipinski definition) is 2. The normalized spacial score (nSPS) is 16.9. The number of benzene rings is 2. The Labute approximate surface area is 112 Å². The first-order valence-electron chi connectivity index (χ1n) is 6.34. The summed E-state index contributed by atoms with van der Waals surface area (Å²) in [6.45, 7) is 0. The van der Waals surface area contributed by atoms with E-state index in [-0.39, 0.29) is 11.9 Å². The average molecular weight is 252 g/mol. The number of amides is 1. The summed E-state index contributed by atoms with van der Waals surface area (Å²) in [5, 5.41) is 3.03. The van der Waals surface area contributed by atoms with Crippen molar-refractivity contribution in [2.75, 3.05) is 19.0 Å². The lowest BCUT2D eigenvalue weighted by Crippen LogP contribution is -2.19. The highest BCUT2D eigenvalue weighted by Gasteiger charge is 2.28. The molecule has 0 spiro atoms. The largest absolute Gasteiger partial charge is 0.378 e. The van der Waals surface area contributed by atoms with Gasteiger partial charge in [-0.1, -0.05) is 30.3 Å². The van der Waals surface area contributed by atoms with E-state index in [0.717, 1.165) is 22.4 Å². The van der Waals surface area contributed by atoms with Gasteiger partial charge in [-0.15, -0.1) is 0 Å². The molecule has 1 N–H and O–H groups in total. The Morgan fingerprint density at radius 2 is 1.68 bits per heavy atom. The van der Waals surface area contributed by atoms with Gasteiger partial charge in [0.05, 0.1) is 6.04 Å². The van der Waals surface area contributed by atoms with E-state index in [2.05, 4.69) is 34.5 Å². The summed E-state index contributed by atoms with van der Waals surface area (Å²) in [7, 11) is 4.03. The van der Waals surface area contributed by atoms with Crippen LogP contribution in [0.5, 0.6) is 0 Å². The van der Waals surface area contributed by atoms with Crippen molar-refractivity contribution >= 4 is 11.6 Å². The first kappa shape index (κ1) is 11.8. The summed E-state index contributed by atoms with van der Waals surface area (Å²) in [6, 6.07) is 16.0. The molecule has 0 fully saturated rings. The molecule has 0 unspecified atom stereocenters. The zero-order chi connectivity index (χ0) is 13.4. The summed E-state index contributed by atoms with van der Waals surface area (Å²) in [4.78, 5) is 14.0. The predicted molar refractivity (Wildman–Crippen MR) is 76.5 cm³/mol. The quantitative estimate of drug-likeness (QED) is 0.891. The summed E-state index contributed by atoms with van der Waals surface area (Å²) in [6.07, 6.45) is 0. The molecule has 19 heavy (non-hydrogen) atoms. The van der Waals surface area contributed by atoms with Crippen LogP contribution in [0.3, 0.4) is 0 Å². The summed E-state index contributed by atoms with van der Waals surface area (Å²) in [5.41, 5.74) is 4.11. The molecule has 0 aromatic heterocycles. The fourth-order valence-corrected chi connectivity index (χ4v) is 2.47. The number of fused-ring (bicyclic) bond motifs is 1. The second-order valence-electron chi connectivity index (χ2n) is 4.98. The monoisotopic (exact) mass is 252 g/mol. The van der Waals surface area contributed by atoms with Crippen LogP contribution in [0.1, 0.15) is 27.5 Å². The molecule has 3 heteroatoms. The zero-order valence-electron chi connectivity index (χ0n) is 11.1. The Hall–Kier alpha value is -2.29. The highest BCUT2D eigenvalue weighted by Crippen LogP contribution is 2.31. The zero-order valence-corrected chi connectivity index (χ0v) is 11.1. The maximum absolute atomic E-state index is 11.9. The maximum Gasteiger partial charge on any atom is 0.252 e. The third-order valence-electron chi connectivity index (χ3n) is 3.53. The Morgan fingerprint density at radius 1 is 1.00 bits per heavy atom. The number of hydrogen-bond donors (Lipinski definition) is 1. The number of carbonyl (C=O) groups excluding carboxylic acids is 1. The van der Waals surface area contributed by atoms with Gasteiger partial charge in [0.2, 0.25) is 0 Å². The Balaban J connectivity index is 1.98. The third kappa shape index (κ3) is 1.97. The lowest BCUT2D eigenvalue weighted by atomic mass is 9.98. The lowest BCUT2D eigenvalue weighted by molar-refractivity contribution is 0.0960. The first-order valence-corrected chi connectivity index (χ1v) is 6.34. The second-order valence-corrected chi connectivity index (χ2v) is 4.98. The van der Waals surface area contributed by atoms with E-state index in [4.69, 9.17) is 0 Å². The minimum Gasteiger partial charge on any atom is -0.378 e. The standard InChI is InChI=1S/C16H16N2O/c1-18(2)12-9-7-11(8-10-12)15-13-5-3-4-6-14(13)16(19)17-15/h3-10,15H,1-2H3,(H,17,19)/t15-/m0/s1. The number of anilines is 1. The van der Waals surface area contributed by atoms with Crippen molar-refractivity contribution in [1.82, 2.24) is 5.32 Å². The Bertz CT molecular complexity index is 617. The summed E-state index contributed by atoms with van der Waals surface area (Å²) >= 11 is 0. The van der Waals surface area contributed by atoms with Gasteiger partial charge in [-0.05, 0) is 29.3 Å². The van der Waals surface area contributed by atoms with Gasteiger partial charge in [-0.2, -0.15) is 0 Å². The molecule has 3 rings (SSSR count). The van der Waals surface area contributed by atoms with E-state index < -0.39 is 0 Å². The van der Waals surface area contributed by atoms with Gasteiger partial charge in [0.1, 0.15) is 0 Å². The molecule has 0 saturated carbocycles. The molecule has 2 aromatic carbocycles. The van der Waals surface area contributed by atoms with Crippen molar-refractivity contribution in [1.29, 1.82) is 0 Å². The maximum atomic E-state index is 11.9. The van der Waals surface area contributed by atoms with E-state index in [0.29, 0.717) is 0 Å². The molecule has 0 bridgehead atoms. The van der Waals surface area contributed by atoms with Crippen LogP contribution in [-0.2, 0) is 0 Å². The predicted octanol–water partition coefficient (Wildman–Crippen LogP) is 2.59. The molecule has 96 valence electrons. The van der Waals surface area contributed by atoms with Crippen LogP contribution < -0.4 is 10.2 Å². The summed E-state index contributed by atoms with van der Waals surface area (Å²) in [5.74, 6) is 0.0114. The van der Waals surface area contributed by atoms with Crippen LogP contribution >= 0.6 is 0 Å². The van der Waals surface area contributed by atoms with Crippen LogP contribution in [0, 0.1) is 0 Å². The average Bonchev–Trinajstić information content (AvgIpc) is 2.77. The van der Waals surface area contributed by atoms with E-state index in [9.17, 15) is 4.79 Å². The van der Waals surface area contributed by atoms with Crippen molar-refractivity contribution < 1.29 is 4.79 Å². The molecule has 0 aliphatic carbocycles. The van der Waals surface area contributed by atoms with Crippen LogP contribution in [0.15, 0.2) is 48.5 Å². The molecule has 2 aromatic rings. The van der Waals surface area contributed by atoms with E-state index in [1.807, 2.05) is 38.4 Å². The molecular formula is C16H16N2O. The molecule has 0 radical (unpaired) electrons. The van der Waals surface area contributed by atoms with Gasteiger partial charge in [-0.25, -0.2) is 0 Å². The highest BCUT2D eigenvalue weighted by atomic mass is 16.2. The van der Waals surface area contributed by atoms with Gasteiger partial charge in [0.15, 0.2) is 0 Å². The highest BCUT2D eigenvalue weighted by molar-refractivity contribution is 5.99. The first-order chi connectivity index (χ1) is 9.16. The van der Waals surface area contributed by atoms with E-state index >= 15 is 0 Å². The molecule has 1 amide bonds. The van der Waals surface area contributed by atoms with Crippen molar-refractivity contribution in [2.45, 2.75) is 6.04 Å². The SMILES string of the molecule is CN(C)c1ccc([C@@H]2NC(=O)c3ccccc32)cc1. The number of nitrogens with zero attached hydrogens (tertiary/aromatic N) is 1. The van der Waals surface area contributed by atoms with Crippen LogP contribution in [-0.4, -0.2) is 20.0 Å². The lowest BCUT2D eigenvalue weighted by Gasteiger charge is -2.16. The van der Waals surface area contributed by atoms with Crippen LogP contribution in [0.2, 0.25) is 0 Å². The molecule has 1 aliphatic heterocycles. The van der Waals surface area contributed by atoms with Gasteiger partial charge in [-0.3, -0.25) is 4.79 Å². The van der Waals surface area contributed by atoms with E-state index in [1.54, 1.807) is 0 Å². The van der Waals surface area contributed by atoms with Crippen molar-refractivity contribution in [2.24, 2.45) is 0 Å². The molecule has 0 saturated heterocycles. The number of rotatable bonds is 2. The van der Waals surface area contributed by atoms with Crippen LogP contribution in [0.4, 0.5) is 5.69 Å². The molecular weight excluding hydrogens is 236 g/mol. The minimum atomic E-state index is -0.0279. The topological polar surface area (TPSA) is 32.3 Å². The van der Waals surface area contributed by atoms with Crippen molar-refractivity contribution in [3.8, 4) is 0 Å². The fourth-order valence-electron chi connectivity index (χ4n) is 2.47. The molecule has 1 aliphatic rings.